The van der Waals surface area contributed by atoms with Crippen molar-refractivity contribution in [1.29, 1.82) is 0 Å². The first-order valence-corrected chi connectivity index (χ1v) is 13.9. The number of nitrogens with one attached hydrogen (secondary N) is 1. The molecule has 2 N–H and O–H groups in total. The fourth-order valence-corrected chi connectivity index (χ4v) is 7.16. The van der Waals surface area contributed by atoms with Gasteiger partial charge in [-0.1, -0.05) is 6.07 Å². The lowest BCUT2D eigenvalue weighted by molar-refractivity contribution is -0.188. The third-order valence-electron chi connectivity index (χ3n) is 9.07. The number of nitrogens with zero attached hydrogens (tertiary/aromatic N) is 1. The van der Waals surface area contributed by atoms with E-state index in [0.29, 0.717) is 64.5 Å². The second-order valence-electron chi connectivity index (χ2n) is 11.2. The minimum absolute atomic E-state index is 0.0202. The van der Waals surface area contributed by atoms with E-state index in [1.807, 2.05) is 6.07 Å². The maximum Gasteiger partial charge on any atom is 0.412 e. The Labute approximate surface area is 222 Å². The Kier molecular flexibility index (Phi) is 7.11. The van der Waals surface area contributed by atoms with Gasteiger partial charge in [0.05, 0.1) is 44.1 Å². The van der Waals surface area contributed by atoms with Crippen LogP contribution in [0.5, 0.6) is 11.5 Å². The lowest BCUT2D eigenvalue weighted by atomic mass is 9.49. The van der Waals surface area contributed by atoms with Crippen LogP contribution < -0.4 is 14.8 Å². The van der Waals surface area contributed by atoms with Crippen molar-refractivity contribution in [3.8, 4) is 11.5 Å². The van der Waals surface area contributed by atoms with E-state index in [2.05, 4.69) is 10.2 Å². The van der Waals surface area contributed by atoms with Crippen molar-refractivity contribution in [2.24, 2.45) is 5.92 Å². The summed E-state index contributed by atoms with van der Waals surface area (Å²) in [4.78, 5) is 28.2. The number of aliphatic hydroxyl groups is 1. The molecule has 10 heteroatoms. The summed E-state index contributed by atoms with van der Waals surface area (Å²) in [6, 6.07) is 3.70. The number of methoxy groups -OCH3 is 1. The van der Waals surface area contributed by atoms with Gasteiger partial charge in [0.2, 0.25) is 0 Å². The molecule has 3 fully saturated rings. The van der Waals surface area contributed by atoms with Crippen molar-refractivity contribution in [3.05, 3.63) is 23.3 Å². The molecule has 38 heavy (non-hydrogen) atoms. The van der Waals surface area contributed by atoms with Gasteiger partial charge in [-0.25, -0.2) is 4.79 Å². The maximum absolute atomic E-state index is 13.2. The second kappa shape index (κ2) is 10.4. The quantitative estimate of drug-likeness (QED) is 0.389. The summed E-state index contributed by atoms with van der Waals surface area (Å²) in [7, 11) is 1.62. The van der Waals surface area contributed by atoms with Gasteiger partial charge in [0.1, 0.15) is 0 Å². The van der Waals surface area contributed by atoms with E-state index in [0.717, 1.165) is 30.1 Å². The summed E-state index contributed by atoms with van der Waals surface area (Å²) in [5.41, 5.74) is 0.136. The van der Waals surface area contributed by atoms with Crippen LogP contribution in [0.2, 0.25) is 0 Å². The third-order valence-corrected chi connectivity index (χ3v) is 9.07. The van der Waals surface area contributed by atoms with Gasteiger partial charge in [-0.2, -0.15) is 0 Å². The number of carbonyl (C=O) groups is 2. The summed E-state index contributed by atoms with van der Waals surface area (Å²) in [5.74, 6) is 1.47. The van der Waals surface area contributed by atoms with E-state index in [-0.39, 0.29) is 24.1 Å². The van der Waals surface area contributed by atoms with Crippen molar-refractivity contribution < 1.29 is 38.4 Å². The zero-order valence-corrected chi connectivity index (χ0v) is 22.0. The largest absolute Gasteiger partial charge is 0.477 e. The Hall–Kier alpha value is -2.24. The van der Waals surface area contributed by atoms with Crippen LogP contribution in [0.4, 0.5) is 4.79 Å². The fourth-order valence-electron chi connectivity index (χ4n) is 7.16. The average molecular weight is 531 g/mol. The molecule has 0 radical (unpaired) electrons. The molecule has 4 atom stereocenters. The van der Waals surface area contributed by atoms with Gasteiger partial charge < -0.3 is 34.1 Å². The lowest BCUT2D eigenvalue weighted by Crippen LogP contribution is -2.76. The molecule has 2 bridgehead atoms. The van der Waals surface area contributed by atoms with Crippen molar-refractivity contribution in [3.63, 3.8) is 0 Å². The highest BCUT2D eigenvalue weighted by molar-refractivity contribution is 5.90. The predicted molar refractivity (Wildman–Crippen MR) is 136 cm³/mol. The minimum atomic E-state index is -1.04. The van der Waals surface area contributed by atoms with E-state index in [1.54, 1.807) is 13.2 Å². The van der Waals surface area contributed by atoms with E-state index in [1.165, 1.54) is 12.8 Å². The summed E-state index contributed by atoms with van der Waals surface area (Å²) in [6.07, 6.45) is 3.26. The predicted octanol–water partition coefficient (Wildman–Crippen LogP) is 1.59. The molecule has 2 aliphatic heterocycles. The van der Waals surface area contributed by atoms with Crippen molar-refractivity contribution in [2.45, 2.75) is 61.7 Å². The van der Waals surface area contributed by atoms with Crippen LogP contribution in [0.25, 0.3) is 0 Å². The minimum Gasteiger partial charge on any atom is -0.477 e. The summed E-state index contributed by atoms with van der Waals surface area (Å²) < 4.78 is 27.7. The second-order valence-corrected chi connectivity index (χ2v) is 11.2. The van der Waals surface area contributed by atoms with Crippen LogP contribution >= 0.6 is 0 Å². The number of carbonyl (C=O) groups excluding carboxylic acids is 2. The third kappa shape index (κ3) is 4.30. The molecule has 1 aromatic rings. The monoisotopic (exact) mass is 530 g/mol. The zero-order chi connectivity index (χ0) is 26.3. The summed E-state index contributed by atoms with van der Waals surface area (Å²) in [5, 5.41) is 15.0. The van der Waals surface area contributed by atoms with E-state index in [9.17, 15) is 14.7 Å². The van der Waals surface area contributed by atoms with Gasteiger partial charge in [0.15, 0.2) is 23.4 Å². The summed E-state index contributed by atoms with van der Waals surface area (Å²) in [6.45, 7) is 4.37. The first-order valence-electron chi connectivity index (χ1n) is 13.9. The van der Waals surface area contributed by atoms with Crippen molar-refractivity contribution in [2.75, 3.05) is 59.8 Å². The fraction of sp³-hybridized carbons (Fsp3) is 0.714. The van der Waals surface area contributed by atoms with Crippen molar-refractivity contribution in [1.82, 2.24) is 10.2 Å². The Morgan fingerprint density at radius 2 is 1.95 bits per heavy atom. The van der Waals surface area contributed by atoms with Crippen molar-refractivity contribution >= 4 is 11.9 Å². The van der Waals surface area contributed by atoms with E-state index in [4.69, 9.17) is 23.7 Å². The molecule has 0 aromatic heterocycles. The van der Waals surface area contributed by atoms with Crippen LogP contribution in [0.3, 0.4) is 0 Å². The molecule has 208 valence electrons. The van der Waals surface area contributed by atoms with Crippen LogP contribution in [0.15, 0.2) is 12.1 Å². The molecule has 1 amide bonds. The molecular formula is C28H38N2O8. The molecule has 0 unspecified atom stereocenters. The molecule has 3 aliphatic carbocycles. The van der Waals surface area contributed by atoms with Gasteiger partial charge in [0, 0.05) is 38.2 Å². The highest BCUT2D eigenvalue weighted by Gasteiger charge is 2.73. The summed E-state index contributed by atoms with van der Waals surface area (Å²) >= 11 is 0. The number of benzene rings is 1. The van der Waals surface area contributed by atoms with Crippen LogP contribution in [0.1, 0.15) is 43.2 Å². The molecule has 1 aromatic carbocycles. The standard InChI is InChI=1S/C28H38N2O8/c1-34-12-13-36-15-14-35-11-9-29-26(32)37-21-5-4-19-16-22-28(33)7-6-20(31)25-27(28,23(19)24(21)38-25)8-10-30(22)17-18-2-3-18/h4-5,18,22,25,33H,2-3,6-17H2,1H3,(H,29,32)/t22-,25+,27+,28-/m1/s1. The first kappa shape index (κ1) is 26.0. The smallest absolute Gasteiger partial charge is 0.412 e. The number of likely N-dealkylation sites (tertiary alicyclic amines) is 1. The molecule has 5 aliphatic rings. The number of piperidine rings is 1. The van der Waals surface area contributed by atoms with Crippen LogP contribution in [0, 0.1) is 5.92 Å². The lowest BCUT2D eigenvalue weighted by Gasteiger charge is -2.62. The number of hydrogen-bond acceptors (Lipinski definition) is 9. The topological polar surface area (TPSA) is 116 Å². The number of hydrogen-bond donors (Lipinski definition) is 2. The van der Waals surface area contributed by atoms with Crippen LogP contribution in [-0.2, 0) is 30.8 Å². The number of amides is 1. The number of rotatable bonds is 12. The SMILES string of the molecule is COCCOCCOCCNC(=O)Oc1ccc2c3c1O[C@H]1C(=O)CC[C@@]4(O)[C@@H](C2)N(CC2CC2)CC[C@]314. The Morgan fingerprint density at radius 3 is 2.74 bits per heavy atom. The van der Waals surface area contributed by atoms with E-state index >= 15 is 0 Å². The molecule has 2 heterocycles. The normalized spacial score (nSPS) is 31.1. The highest BCUT2D eigenvalue weighted by atomic mass is 16.6. The highest BCUT2D eigenvalue weighted by Crippen LogP contribution is 2.65. The molecule has 10 nitrogen and oxygen atoms in total. The number of Topliss-reactive ketones (excluding diaryl/α,β-unsaturated/α-hetero) is 1. The molecule has 1 spiro atoms. The molecule has 1 saturated heterocycles. The maximum atomic E-state index is 13.2. The average Bonchev–Trinajstić information content (AvgIpc) is 3.64. The van der Waals surface area contributed by atoms with Gasteiger partial charge in [-0.3, -0.25) is 9.69 Å². The van der Waals surface area contributed by atoms with Gasteiger partial charge in [0.25, 0.3) is 0 Å². The van der Waals surface area contributed by atoms with Gasteiger partial charge in [-0.05, 0) is 56.2 Å². The van der Waals surface area contributed by atoms with E-state index < -0.39 is 23.2 Å². The zero-order valence-electron chi connectivity index (χ0n) is 22.0. The number of ketones is 1. The Morgan fingerprint density at radius 1 is 1.16 bits per heavy atom. The molecule has 6 rings (SSSR count). The Bertz CT molecular complexity index is 1080. The van der Waals surface area contributed by atoms with Gasteiger partial charge in [-0.15, -0.1) is 0 Å². The Balaban J connectivity index is 1.15. The molecule has 2 saturated carbocycles. The first-order chi connectivity index (χ1) is 18.5. The van der Waals surface area contributed by atoms with Crippen LogP contribution in [-0.4, -0.2) is 99.4 Å². The molecular weight excluding hydrogens is 492 g/mol. The van der Waals surface area contributed by atoms with Gasteiger partial charge >= 0.3 is 6.09 Å². The number of ether oxygens (including phenoxy) is 5.